The van der Waals surface area contributed by atoms with E-state index in [2.05, 4.69) is 24.0 Å². The van der Waals surface area contributed by atoms with Gasteiger partial charge in [0.05, 0.1) is 6.10 Å². The first-order chi connectivity index (χ1) is 8.19. The number of benzene rings is 1. The lowest BCUT2D eigenvalue weighted by Gasteiger charge is -2.32. The lowest BCUT2D eigenvalue weighted by molar-refractivity contribution is 0.0286. The Balaban J connectivity index is 2.02. The molecule has 1 fully saturated rings. The minimum atomic E-state index is 0.384. The van der Waals surface area contributed by atoms with Gasteiger partial charge in [-0.3, -0.25) is 4.90 Å². The average molecular weight is 234 g/mol. The Morgan fingerprint density at radius 1 is 1.47 bits per heavy atom. The summed E-state index contributed by atoms with van der Waals surface area (Å²) in [5.41, 5.74) is 9.42. The van der Waals surface area contributed by atoms with Gasteiger partial charge >= 0.3 is 0 Å². The molecule has 0 aromatic heterocycles. The van der Waals surface area contributed by atoms with Gasteiger partial charge in [-0.25, -0.2) is 0 Å². The van der Waals surface area contributed by atoms with Gasteiger partial charge < -0.3 is 10.5 Å². The van der Waals surface area contributed by atoms with E-state index < -0.39 is 0 Å². The summed E-state index contributed by atoms with van der Waals surface area (Å²) in [4.78, 5) is 2.43. The van der Waals surface area contributed by atoms with Crippen LogP contribution in [0.2, 0.25) is 0 Å². The number of hydrogen-bond donors (Lipinski definition) is 1. The fraction of sp³-hybridized carbons (Fsp3) is 0.571. The SMILES string of the molecule is COC1CCCN(Cc2cc(C)ccc2N)C1. The van der Waals surface area contributed by atoms with Gasteiger partial charge in [0.25, 0.3) is 0 Å². The third-order valence-corrected chi connectivity index (χ3v) is 3.49. The Bertz CT molecular complexity index is 378. The molecule has 1 aliphatic heterocycles. The second-order valence-corrected chi connectivity index (χ2v) is 4.94. The first-order valence-corrected chi connectivity index (χ1v) is 6.29. The summed E-state index contributed by atoms with van der Waals surface area (Å²) >= 11 is 0. The van der Waals surface area contributed by atoms with E-state index in [1.54, 1.807) is 7.11 Å². The van der Waals surface area contributed by atoms with E-state index in [9.17, 15) is 0 Å². The molecule has 1 aromatic carbocycles. The van der Waals surface area contributed by atoms with Crippen LogP contribution in [0.25, 0.3) is 0 Å². The van der Waals surface area contributed by atoms with Crippen molar-refractivity contribution in [1.29, 1.82) is 0 Å². The largest absolute Gasteiger partial charge is 0.398 e. The van der Waals surface area contributed by atoms with Crippen LogP contribution in [0.3, 0.4) is 0 Å². The normalized spacial score (nSPS) is 21.6. The number of likely N-dealkylation sites (tertiary alicyclic amines) is 1. The zero-order valence-corrected chi connectivity index (χ0v) is 10.8. The molecule has 0 amide bonds. The van der Waals surface area contributed by atoms with Crippen LogP contribution < -0.4 is 5.73 Å². The van der Waals surface area contributed by atoms with Crippen molar-refractivity contribution in [2.24, 2.45) is 0 Å². The first kappa shape index (κ1) is 12.4. The molecular formula is C14H22N2O. The molecule has 3 nitrogen and oxygen atoms in total. The number of aryl methyl sites for hydroxylation is 1. The molecule has 0 bridgehead atoms. The van der Waals surface area contributed by atoms with Gasteiger partial charge in [-0.1, -0.05) is 17.7 Å². The van der Waals surface area contributed by atoms with Crippen molar-refractivity contribution in [2.45, 2.75) is 32.4 Å². The van der Waals surface area contributed by atoms with Crippen LogP contribution >= 0.6 is 0 Å². The van der Waals surface area contributed by atoms with Crippen LogP contribution in [-0.2, 0) is 11.3 Å². The van der Waals surface area contributed by atoms with Gasteiger partial charge in [-0.05, 0) is 37.9 Å². The van der Waals surface area contributed by atoms with E-state index in [4.69, 9.17) is 10.5 Å². The molecule has 1 aromatic rings. The van der Waals surface area contributed by atoms with E-state index in [-0.39, 0.29) is 0 Å². The number of nitrogen functional groups attached to an aromatic ring is 1. The predicted molar refractivity (Wildman–Crippen MR) is 70.9 cm³/mol. The number of methoxy groups -OCH3 is 1. The monoisotopic (exact) mass is 234 g/mol. The summed E-state index contributed by atoms with van der Waals surface area (Å²) in [7, 11) is 1.80. The number of anilines is 1. The highest BCUT2D eigenvalue weighted by molar-refractivity contribution is 5.48. The Hall–Kier alpha value is -1.06. The van der Waals surface area contributed by atoms with Gasteiger partial charge in [0.1, 0.15) is 0 Å². The fourth-order valence-electron chi connectivity index (χ4n) is 2.46. The molecule has 0 radical (unpaired) electrons. The summed E-state index contributed by atoms with van der Waals surface area (Å²) in [5.74, 6) is 0. The Kier molecular flexibility index (Phi) is 4.02. The highest BCUT2D eigenvalue weighted by atomic mass is 16.5. The first-order valence-electron chi connectivity index (χ1n) is 6.29. The molecule has 1 atom stereocenters. The number of ether oxygens (including phenoxy) is 1. The van der Waals surface area contributed by atoms with Crippen LogP contribution in [0.15, 0.2) is 18.2 Å². The molecule has 0 saturated carbocycles. The molecule has 1 unspecified atom stereocenters. The maximum absolute atomic E-state index is 6.02. The summed E-state index contributed by atoms with van der Waals surface area (Å²) in [6, 6.07) is 6.25. The molecular weight excluding hydrogens is 212 g/mol. The number of nitrogens with two attached hydrogens (primary N) is 1. The molecule has 3 heteroatoms. The molecule has 0 aliphatic carbocycles. The highest BCUT2D eigenvalue weighted by Crippen LogP contribution is 2.19. The number of hydrogen-bond acceptors (Lipinski definition) is 3. The quantitative estimate of drug-likeness (QED) is 0.815. The van der Waals surface area contributed by atoms with E-state index >= 15 is 0 Å². The molecule has 0 spiro atoms. The second kappa shape index (κ2) is 5.52. The van der Waals surface area contributed by atoms with Gasteiger partial charge in [0.2, 0.25) is 0 Å². The zero-order chi connectivity index (χ0) is 12.3. The number of nitrogens with zero attached hydrogens (tertiary/aromatic N) is 1. The molecule has 2 N–H and O–H groups in total. The van der Waals surface area contributed by atoms with Crippen molar-refractivity contribution in [3.05, 3.63) is 29.3 Å². The van der Waals surface area contributed by atoms with Crippen LogP contribution in [0.5, 0.6) is 0 Å². The summed E-state index contributed by atoms with van der Waals surface area (Å²) in [5, 5.41) is 0. The molecule has 1 heterocycles. The topological polar surface area (TPSA) is 38.5 Å². The minimum absolute atomic E-state index is 0.384. The summed E-state index contributed by atoms with van der Waals surface area (Å²) < 4.78 is 5.44. The van der Waals surface area contributed by atoms with Gasteiger partial charge in [0, 0.05) is 25.9 Å². The molecule has 1 aliphatic rings. The van der Waals surface area contributed by atoms with E-state index in [1.165, 1.54) is 24.0 Å². The highest BCUT2D eigenvalue weighted by Gasteiger charge is 2.19. The van der Waals surface area contributed by atoms with Crippen molar-refractivity contribution in [3.8, 4) is 0 Å². The van der Waals surface area contributed by atoms with Crippen LogP contribution in [0.1, 0.15) is 24.0 Å². The number of piperidine rings is 1. The smallest absolute Gasteiger partial charge is 0.0698 e. The van der Waals surface area contributed by atoms with Crippen LogP contribution in [0, 0.1) is 6.92 Å². The zero-order valence-electron chi connectivity index (χ0n) is 10.8. The van der Waals surface area contributed by atoms with E-state index in [0.29, 0.717) is 6.10 Å². The van der Waals surface area contributed by atoms with E-state index in [1.807, 2.05) is 6.07 Å². The maximum Gasteiger partial charge on any atom is 0.0698 e. The second-order valence-electron chi connectivity index (χ2n) is 4.94. The van der Waals surface area contributed by atoms with Crippen molar-refractivity contribution in [1.82, 2.24) is 4.90 Å². The third-order valence-electron chi connectivity index (χ3n) is 3.49. The van der Waals surface area contributed by atoms with Gasteiger partial charge in [-0.2, -0.15) is 0 Å². The van der Waals surface area contributed by atoms with E-state index in [0.717, 1.165) is 25.3 Å². The Labute approximate surface area is 104 Å². The maximum atomic E-state index is 6.02. The lowest BCUT2D eigenvalue weighted by Crippen LogP contribution is -2.38. The minimum Gasteiger partial charge on any atom is -0.398 e. The summed E-state index contributed by atoms with van der Waals surface area (Å²) in [6.07, 6.45) is 2.77. The van der Waals surface area contributed by atoms with Crippen molar-refractivity contribution < 1.29 is 4.74 Å². The predicted octanol–water partition coefficient (Wildman–Crippen LogP) is 2.19. The Morgan fingerprint density at radius 3 is 3.06 bits per heavy atom. The van der Waals surface area contributed by atoms with Crippen LogP contribution in [-0.4, -0.2) is 31.2 Å². The molecule has 1 saturated heterocycles. The lowest BCUT2D eigenvalue weighted by atomic mass is 10.1. The van der Waals surface area contributed by atoms with Crippen molar-refractivity contribution in [3.63, 3.8) is 0 Å². The molecule has 17 heavy (non-hydrogen) atoms. The van der Waals surface area contributed by atoms with Crippen LogP contribution in [0.4, 0.5) is 5.69 Å². The number of rotatable bonds is 3. The standard InChI is InChI=1S/C14H22N2O/c1-11-5-6-14(15)12(8-11)9-16-7-3-4-13(10-16)17-2/h5-6,8,13H,3-4,7,9-10,15H2,1-2H3. The average Bonchev–Trinajstić information content (AvgIpc) is 2.34. The van der Waals surface area contributed by atoms with Gasteiger partial charge in [0.15, 0.2) is 0 Å². The van der Waals surface area contributed by atoms with Gasteiger partial charge in [-0.15, -0.1) is 0 Å². The third kappa shape index (κ3) is 3.20. The molecule has 94 valence electrons. The fourth-order valence-corrected chi connectivity index (χ4v) is 2.46. The van der Waals surface area contributed by atoms with Crippen molar-refractivity contribution in [2.75, 3.05) is 25.9 Å². The van der Waals surface area contributed by atoms with Crippen molar-refractivity contribution >= 4 is 5.69 Å². The molecule has 2 rings (SSSR count). The Morgan fingerprint density at radius 2 is 2.29 bits per heavy atom. The summed E-state index contributed by atoms with van der Waals surface area (Å²) in [6.45, 7) is 5.21.